The summed E-state index contributed by atoms with van der Waals surface area (Å²) >= 11 is 0. The average molecular weight is 327 g/mol. The van der Waals surface area contributed by atoms with E-state index in [0.29, 0.717) is 5.69 Å². The third kappa shape index (κ3) is 2.49. The molecule has 0 fully saturated rings. The van der Waals surface area contributed by atoms with Crippen LogP contribution in [0.25, 0.3) is 5.69 Å². The molecule has 0 amide bonds. The molecule has 0 aliphatic rings. The van der Waals surface area contributed by atoms with Crippen molar-refractivity contribution in [3.05, 3.63) is 39.8 Å². The predicted octanol–water partition coefficient (Wildman–Crippen LogP) is 0.0115. The largest absolute Gasteiger partial charge is 0.478 e. The summed E-state index contributed by atoms with van der Waals surface area (Å²) < 4.78 is 34.1. The van der Waals surface area contributed by atoms with Crippen molar-refractivity contribution in [2.24, 2.45) is 7.05 Å². The highest BCUT2D eigenvalue weighted by molar-refractivity contribution is 7.85. The van der Waals surface area contributed by atoms with E-state index in [2.05, 4.69) is 0 Å². The first-order valence-corrected chi connectivity index (χ1v) is 7.38. The van der Waals surface area contributed by atoms with Gasteiger partial charge in [0.05, 0.1) is 21.8 Å². The molecule has 0 saturated heterocycles. The third-order valence-electron chi connectivity index (χ3n) is 3.28. The van der Waals surface area contributed by atoms with Gasteiger partial charge in [0.2, 0.25) is 0 Å². The second-order valence-corrected chi connectivity index (χ2v) is 6.06. The van der Waals surface area contributed by atoms with Gasteiger partial charge in [-0.2, -0.15) is 8.42 Å². The van der Waals surface area contributed by atoms with Gasteiger partial charge in [-0.05, 0) is 25.1 Å². The molecule has 0 bridgehead atoms. The minimum atomic E-state index is -4.64. The Morgan fingerprint density at radius 3 is 2.27 bits per heavy atom. The Balaban J connectivity index is 2.88. The summed E-state index contributed by atoms with van der Waals surface area (Å²) in [7, 11) is -3.13. The highest BCUT2D eigenvalue weighted by atomic mass is 32.2. The van der Waals surface area contributed by atoms with Gasteiger partial charge in [0, 0.05) is 7.05 Å². The van der Waals surface area contributed by atoms with E-state index in [9.17, 15) is 18.0 Å². The monoisotopic (exact) mass is 327 g/mol. The lowest BCUT2D eigenvalue weighted by molar-refractivity contribution is 0.0696. The molecule has 2 aromatic rings. The lowest BCUT2D eigenvalue weighted by atomic mass is 10.2. The van der Waals surface area contributed by atoms with Crippen molar-refractivity contribution in [3.8, 4) is 5.69 Å². The van der Waals surface area contributed by atoms with Crippen LogP contribution in [0.5, 0.6) is 0 Å². The smallest absolute Gasteiger partial charge is 0.335 e. The van der Waals surface area contributed by atoms with E-state index in [1.165, 1.54) is 11.7 Å². The van der Waals surface area contributed by atoms with Crippen molar-refractivity contribution in [3.63, 3.8) is 0 Å². The van der Waals surface area contributed by atoms with Gasteiger partial charge in [-0.25, -0.2) is 9.48 Å². The van der Waals surface area contributed by atoms with Gasteiger partial charge >= 0.3 is 5.97 Å². The van der Waals surface area contributed by atoms with Crippen LogP contribution in [0.2, 0.25) is 0 Å². The van der Waals surface area contributed by atoms with Gasteiger partial charge in [0.25, 0.3) is 15.7 Å². The fourth-order valence-electron chi connectivity index (χ4n) is 2.00. The standard InChI is InChI=1S/C12H13N3O6S/c1-6-10(13)11(16)15(14(6)2)8-3-7(12(17)18)4-9(5-8)22(19,20)21/h3-5H,13H2,1-2H3,(H,17,18)(H,19,20,21). The number of aromatic carboxylic acids is 1. The van der Waals surface area contributed by atoms with Crippen molar-refractivity contribution in [2.75, 3.05) is 5.73 Å². The minimum absolute atomic E-state index is 0.0418. The Labute approximate surface area is 124 Å². The van der Waals surface area contributed by atoms with Crippen molar-refractivity contribution in [2.45, 2.75) is 11.8 Å². The second kappa shape index (κ2) is 5.00. The Kier molecular flexibility index (Phi) is 3.59. The molecule has 4 N–H and O–H groups in total. The third-order valence-corrected chi connectivity index (χ3v) is 4.11. The Hall–Kier alpha value is -2.59. The molecule has 1 aromatic heterocycles. The van der Waals surface area contributed by atoms with Gasteiger partial charge in [-0.15, -0.1) is 0 Å². The SMILES string of the molecule is Cc1c(N)c(=O)n(-c2cc(C(=O)O)cc(S(=O)(=O)O)c2)n1C. The molecule has 118 valence electrons. The first-order valence-electron chi connectivity index (χ1n) is 5.94. The summed E-state index contributed by atoms with van der Waals surface area (Å²) in [6.45, 7) is 1.58. The molecule has 0 atom stereocenters. The van der Waals surface area contributed by atoms with Crippen LogP contribution in [-0.4, -0.2) is 33.4 Å². The van der Waals surface area contributed by atoms with Crippen molar-refractivity contribution < 1.29 is 22.9 Å². The first kappa shape index (κ1) is 15.8. The molecule has 10 heteroatoms. The summed E-state index contributed by atoms with van der Waals surface area (Å²) in [4.78, 5) is 22.6. The molecular weight excluding hydrogens is 314 g/mol. The van der Waals surface area contributed by atoms with Crippen LogP contribution >= 0.6 is 0 Å². The lowest BCUT2D eigenvalue weighted by Gasteiger charge is -2.10. The molecule has 0 spiro atoms. The Bertz CT molecular complexity index is 939. The number of nitrogens with two attached hydrogens (primary N) is 1. The van der Waals surface area contributed by atoms with E-state index < -0.39 is 32.1 Å². The molecule has 0 radical (unpaired) electrons. The maximum atomic E-state index is 12.1. The fourth-order valence-corrected chi connectivity index (χ4v) is 2.54. The van der Waals surface area contributed by atoms with Gasteiger partial charge in [-0.3, -0.25) is 14.0 Å². The van der Waals surface area contributed by atoms with Gasteiger partial charge in [0.1, 0.15) is 5.69 Å². The number of carbonyl (C=O) groups is 1. The van der Waals surface area contributed by atoms with Crippen LogP contribution < -0.4 is 11.3 Å². The topological polar surface area (TPSA) is 145 Å². The Morgan fingerprint density at radius 1 is 1.27 bits per heavy atom. The second-order valence-electron chi connectivity index (χ2n) is 4.64. The van der Waals surface area contributed by atoms with E-state index in [4.69, 9.17) is 15.4 Å². The van der Waals surface area contributed by atoms with Crippen LogP contribution in [0.1, 0.15) is 16.1 Å². The van der Waals surface area contributed by atoms with Gasteiger partial charge < -0.3 is 10.8 Å². The zero-order valence-corrected chi connectivity index (χ0v) is 12.5. The zero-order valence-electron chi connectivity index (χ0n) is 11.6. The lowest BCUT2D eigenvalue weighted by Crippen LogP contribution is -2.21. The average Bonchev–Trinajstić information content (AvgIpc) is 2.61. The normalized spacial score (nSPS) is 11.6. The van der Waals surface area contributed by atoms with E-state index in [1.807, 2.05) is 0 Å². The number of carboxylic acids is 1. The number of hydrogen-bond acceptors (Lipinski definition) is 5. The molecular formula is C12H13N3O6S. The summed E-state index contributed by atoms with van der Waals surface area (Å²) in [5.74, 6) is -1.40. The highest BCUT2D eigenvalue weighted by Gasteiger charge is 2.19. The zero-order chi connectivity index (χ0) is 16.8. The first-order chi connectivity index (χ1) is 10.0. The molecule has 2 rings (SSSR count). The van der Waals surface area contributed by atoms with Gasteiger partial charge in [-0.1, -0.05) is 0 Å². The molecule has 9 nitrogen and oxygen atoms in total. The van der Waals surface area contributed by atoms with Crippen molar-refractivity contribution in [1.29, 1.82) is 0 Å². The van der Waals surface area contributed by atoms with E-state index in [0.717, 1.165) is 22.9 Å². The summed E-state index contributed by atoms with van der Waals surface area (Å²) in [5, 5.41) is 9.05. The fraction of sp³-hybridized carbons (Fsp3) is 0.167. The summed E-state index contributed by atoms with van der Waals surface area (Å²) in [5.41, 5.74) is 4.95. The van der Waals surface area contributed by atoms with E-state index in [1.54, 1.807) is 6.92 Å². The number of aromatic nitrogens is 2. The summed E-state index contributed by atoms with van der Waals surface area (Å²) in [6, 6.07) is 2.89. The maximum absolute atomic E-state index is 12.1. The molecule has 0 saturated carbocycles. The molecule has 1 aromatic carbocycles. The number of nitrogens with zero attached hydrogens (tertiary/aromatic N) is 2. The van der Waals surface area contributed by atoms with Gasteiger partial charge in [0.15, 0.2) is 0 Å². The van der Waals surface area contributed by atoms with Crippen LogP contribution in [0.4, 0.5) is 5.69 Å². The molecule has 1 heterocycles. The van der Waals surface area contributed by atoms with E-state index in [-0.39, 0.29) is 11.4 Å². The van der Waals surface area contributed by atoms with Crippen LogP contribution in [0, 0.1) is 6.92 Å². The van der Waals surface area contributed by atoms with Crippen molar-refractivity contribution in [1.82, 2.24) is 9.36 Å². The van der Waals surface area contributed by atoms with E-state index >= 15 is 0 Å². The number of hydrogen-bond donors (Lipinski definition) is 3. The number of anilines is 1. The summed E-state index contributed by atoms with van der Waals surface area (Å²) in [6.07, 6.45) is 0. The van der Waals surface area contributed by atoms with Crippen LogP contribution in [0.3, 0.4) is 0 Å². The highest BCUT2D eigenvalue weighted by Crippen LogP contribution is 2.19. The maximum Gasteiger partial charge on any atom is 0.335 e. The number of benzene rings is 1. The van der Waals surface area contributed by atoms with Crippen LogP contribution in [0.15, 0.2) is 27.9 Å². The molecule has 22 heavy (non-hydrogen) atoms. The Morgan fingerprint density at radius 2 is 1.86 bits per heavy atom. The van der Waals surface area contributed by atoms with Crippen molar-refractivity contribution >= 4 is 21.8 Å². The molecule has 0 aliphatic carbocycles. The quantitative estimate of drug-likeness (QED) is 0.673. The number of rotatable bonds is 3. The predicted molar refractivity (Wildman–Crippen MR) is 76.9 cm³/mol. The number of carboxylic acid groups (broad SMARTS) is 1. The van der Waals surface area contributed by atoms with Crippen LogP contribution in [-0.2, 0) is 17.2 Å². The minimum Gasteiger partial charge on any atom is -0.478 e. The number of nitrogen functional groups attached to an aromatic ring is 1. The molecule has 0 aliphatic heterocycles. The molecule has 0 unspecified atom stereocenters.